The van der Waals surface area contributed by atoms with Gasteiger partial charge in [0.15, 0.2) is 0 Å². The molecule has 1 unspecified atom stereocenters. The molecule has 1 aromatic carbocycles. The number of amides is 1. The molecule has 0 saturated carbocycles. The molecule has 0 radical (unpaired) electrons. The number of rotatable bonds is 2. The topological polar surface area (TPSA) is 29.1 Å². The van der Waals surface area contributed by atoms with Crippen LogP contribution in [0.5, 0.6) is 0 Å². The molecule has 110 valence electrons. The largest absolute Gasteiger partial charge is 0.416 e. The summed E-state index contributed by atoms with van der Waals surface area (Å²) < 4.78 is 38.3. The summed E-state index contributed by atoms with van der Waals surface area (Å²) in [5, 5.41) is 2.66. The molecule has 0 fully saturated rings. The molecule has 5 heteroatoms. The molecule has 1 aliphatic heterocycles. The first kappa shape index (κ1) is 14.9. The Balaban J connectivity index is 2.28. The van der Waals surface area contributed by atoms with Crippen molar-refractivity contribution in [1.29, 1.82) is 0 Å². The fourth-order valence-corrected chi connectivity index (χ4v) is 2.37. The minimum atomic E-state index is -4.38. The van der Waals surface area contributed by atoms with Crippen molar-refractivity contribution < 1.29 is 18.0 Å². The van der Waals surface area contributed by atoms with Crippen molar-refractivity contribution in [2.45, 2.75) is 45.7 Å². The minimum Gasteiger partial charge on any atom is -0.325 e. The highest BCUT2D eigenvalue weighted by Crippen LogP contribution is 2.41. The Morgan fingerprint density at radius 2 is 1.85 bits per heavy atom. The third-order valence-corrected chi connectivity index (χ3v) is 3.51. The molecule has 1 aliphatic rings. The first-order valence-corrected chi connectivity index (χ1v) is 6.60. The number of halogens is 3. The Bertz CT molecular complexity index is 529. The average Bonchev–Trinajstić information content (AvgIpc) is 2.58. The smallest absolute Gasteiger partial charge is 0.325 e. The van der Waals surface area contributed by atoms with E-state index in [4.69, 9.17) is 0 Å². The monoisotopic (exact) mass is 285 g/mol. The molecule has 0 spiro atoms. The van der Waals surface area contributed by atoms with Crippen LogP contribution >= 0.6 is 0 Å². The molecule has 2 rings (SSSR count). The van der Waals surface area contributed by atoms with E-state index in [1.54, 1.807) is 0 Å². The zero-order chi connectivity index (χ0) is 15.1. The van der Waals surface area contributed by atoms with Gasteiger partial charge in [-0.1, -0.05) is 20.8 Å². The van der Waals surface area contributed by atoms with Crippen LogP contribution in [-0.2, 0) is 11.0 Å². The first-order valence-electron chi connectivity index (χ1n) is 6.60. The molecule has 1 heterocycles. The molecule has 2 nitrogen and oxygen atoms in total. The highest BCUT2D eigenvalue weighted by atomic mass is 19.4. The van der Waals surface area contributed by atoms with Crippen molar-refractivity contribution in [3.8, 4) is 0 Å². The van der Waals surface area contributed by atoms with Gasteiger partial charge in [-0.15, -0.1) is 0 Å². The number of hydrogen-bond acceptors (Lipinski definition) is 1. The van der Waals surface area contributed by atoms with Crippen LogP contribution in [0.1, 0.15) is 50.7 Å². The van der Waals surface area contributed by atoms with E-state index in [1.807, 2.05) is 20.8 Å². The maximum Gasteiger partial charge on any atom is 0.416 e. The predicted molar refractivity (Wildman–Crippen MR) is 71.5 cm³/mol. The normalized spacial score (nSPS) is 18.9. The fourth-order valence-electron chi connectivity index (χ4n) is 2.37. The summed E-state index contributed by atoms with van der Waals surface area (Å²) in [4.78, 5) is 11.9. The van der Waals surface area contributed by atoms with Crippen molar-refractivity contribution in [1.82, 2.24) is 0 Å². The quantitative estimate of drug-likeness (QED) is 0.847. The van der Waals surface area contributed by atoms with Crippen molar-refractivity contribution in [2.24, 2.45) is 5.41 Å². The predicted octanol–water partition coefficient (Wildman–Crippen LogP) is 4.57. The molecule has 0 saturated heterocycles. The summed E-state index contributed by atoms with van der Waals surface area (Å²) in [6.07, 6.45) is -3.04. The molecule has 0 aromatic heterocycles. The lowest BCUT2D eigenvalue weighted by molar-refractivity contribution is -0.137. The molecule has 0 bridgehead atoms. The van der Waals surface area contributed by atoms with Gasteiger partial charge < -0.3 is 5.32 Å². The molecule has 20 heavy (non-hydrogen) atoms. The fraction of sp³-hybridized carbons (Fsp3) is 0.533. The van der Waals surface area contributed by atoms with E-state index in [2.05, 4.69) is 5.32 Å². The zero-order valence-electron chi connectivity index (χ0n) is 11.8. The summed E-state index contributed by atoms with van der Waals surface area (Å²) in [5.74, 6) is -0.685. The number of hydrogen-bond donors (Lipinski definition) is 1. The Morgan fingerprint density at radius 1 is 1.20 bits per heavy atom. The molecule has 1 aromatic rings. The van der Waals surface area contributed by atoms with Crippen molar-refractivity contribution in [3.63, 3.8) is 0 Å². The molecule has 1 N–H and O–H groups in total. The second kappa shape index (κ2) is 4.79. The number of nitrogens with one attached hydrogen (secondary N) is 1. The van der Waals surface area contributed by atoms with Gasteiger partial charge in [-0.3, -0.25) is 4.79 Å². The van der Waals surface area contributed by atoms with Crippen LogP contribution in [0, 0.1) is 5.41 Å². The van der Waals surface area contributed by atoms with Crippen molar-refractivity contribution in [3.05, 3.63) is 29.3 Å². The Hall–Kier alpha value is -1.52. The number of anilines is 1. The Morgan fingerprint density at radius 3 is 2.40 bits per heavy atom. The summed E-state index contributed by atoms with van der Waals surface area (Å²) in [5.41, 5.74) is 0.314. The number of carbonyl (C=O) groups excluding carboxylic acids is 1. The van der Waals surface area contributed by atoms with Crippen LogP contribution in [0.4, 0.5) is 18.9 Å². The number of carbonyl (C=O) groups is 1. The summed E-state index contributed by atoms with van der Waals surface area (Å²) in [6.45, 7) is 6.15. The van der Waals surface area contributed by atoms with Crippen LogP contribution in [0.25, 0.3) is 0 Å². The molecular weight excluding hydrogens is 267 g/mol. The van der Waals surface area contributed by atoms with E-state index in [1.165, 1.54) is 6.07 Å². The second-order valence-corrected chi connectivity index (χ2v) is 6.44. The van der Waals surface area contributed by atoms with Crippen LogP contribution < -0.4 is 5.32 Å². The van der Waals surface area contributed by atoms with Crippen molar-refractivity contribution in [2.75, 3.05) is 5.32 Å². The van der Waals surface area contributed by atoms with Crippen molar-refractivity contribution >= 4 is 11.6 Å². The van der Waals surface area contributed by atoms with Gasteiger partial charge in [-0.2, -0.15) is 13.2 Å². The Kier molecular flexibility index (Phi) is 3.56. The van der Waals surface area contributed by atoms with Gasteiger partial charge >= 0.3 is 6.18 Å². The Labute approximate surface area is 116 Å². The van der Waals surface area contributed by atoms with E-state index in [-0.39, 0.29) is 11.3 Å². The SMILES string of the molecule is CC(C)(C)CCC1C(=O)Nc2ccc(C(F)(F)F)cc21. The van der Waals surface area contributed by atoms with E-state index in [0.717, 1.165) is 18.6 Å². The second-order valence-electron chi connectivity index (χ2n) is 6.44. The first-order chi connectivity index (χ1) is 9.08. The van der Waals surface area contributed by atoms with Gasteiger partial charge in [0.2, 0.25) is 5.91 Å². The third-order valence-electron chi connectivity index (χ3n) is 3.51. The van der Waals surface area contributed by atoms with Gasteiger partial charge in [-0.05, 0) is 42.0 Å². The zero-order valence-corrected chi connectivity index (χ0v) is 11.8. The van der Waals surface area contributed by atoms with Crippen LogP contribution in [0.15, 0.2) is 18.2 Å². The maximum atomic E-state index is 12.8. The van der Waals surface area contributed by atoms with E-state index in [0.29, 0.717) is 17.7 Å². The lowest BCUT2D eigenvalue weighted by Crippen LogP contribution is -2.15. The molecular formula is C15H18F3NO. The summed E-state index contributed by atoms with van der Waals surface area (Å²) in [7, 11) is 0. The minimum absolute atomic E-state index is 0.0463. The maximum absolute atomic E-state index is 12.8. The molecule has 1 amide bonds. The number of fused-ring (bicyclic) bond motifs is 1. The highest BCUT2D eigenvalue weighted by molar-refractivity contribution is 6.02. The standard InChI is InChI=1S/C15H18F3NO/c1-14(2,3)7-6-10-11-8-9(15(16,17)18)4-5-12(11)19-13(10)20/h4-5,8,10H,6-7H2,1-3H3,(H,19,20). The van der Waals surface area contributed by atoms with E-state index in [9.17, 15) is 18.0 Å². The summed E-state index contributed by atoms with van der Waals surface area (Å²) >= 11 is 0. The van der Waals surface area contributed by atoms with Gasteiger partial charge in [0.05, 0.1) is 11.5 Å². The number of alkyl halides is 3. The lowest BCUT2D eigenvalue weighted by Gasteiger charge is -2.20. The molecule has 1 atom stereocenters. The van der Waals surface area contributed by atoms with Crippen LogP contribution in [0.2, 0.25) is 0 Å². The van der Waals surface area contributed by atoms with Gasteiger partial charge in [0, 0.05) is 5.69 Å². The third kappa shape index (κ3) is 3.14. The van der Waals surface area contributed by atoms with Crippen LogP contribution in [-0.4, -0.2) is 5.91 Å². The molecule has 0 aliphatic carbocycles. The van der Waals surface area contributed by atoms with Gasteiger partial charge in [0.25, 0.3) is 0 Å². The average molecular weight is 285 g/mol. The summed E-state index contributed by atoms with van der Waals surface area (Å²) in [6, 6.07) is 3.44. The number of benzene rings is 1. The lowest BCUT2D eigenvalue weighted by atomic mass is 9.84. The van der Waals surface area contributed by atoms with E-state index < -0.39 is 17.7 Å². The van der Waals surface area contributed by atoms with Gasteiger partial charge in [-0.25, -0.2) is 0 Å². The highest BCUT2D eigenvalue weighted by Gasteiger charge is 2.36. The van der Waals surface area contributed by atoms with E-state index >= 15 is 0 Å². The van der Waals surface area contributed by atoms with Gasteiger partial charge in [0.1, 0.15) is 0 Å². The van der Waals surface area contributed by atoms with Crippen LogP contribution in [0.3, 0.4) is 0 Å².